The van der Waals surface area contributed by atoms with Crippen LogP contribution in [0.25, 0.3) is 55.7 Å². The molecule has 1 aliphatic rings. The summed E-state index contributed by atoms with van der Waals surface area (Å²) >= 11 is 0. The molecule has 0 radical (unpaired) electrons. The quantitative estimate of drug-likeness (QED) is 0.167. The topological polar surface area (TPSA) is 0 Å². The average molecular weight is 601 g/mol. The first-order valence-electron chi connectivity index (χ1n) is 16.8. The van der Waals surface area contributed by atoms with E-state index in [0.29, 0.717) is 5.92 Å². The Hall–Kier alpha value is -5.40. The average Bonchev–Trinajstić information content (AvgIpc) is 3.14. The molecule has 0 aromatic heterocycles. The molecule has 0 spiro atoms. The number of rotatable bonds is 6. The van der Waals surface area contributed by atoms with E-state index < -0.39 is 0 Å². The van der Waals surface area contributed by atoms with E-state index in [9.17, 15) is 0 Å². The van der Waals surface area contributed by atoms with E-state index in [0.717, 1.165) is 6.42 Å². The van der Waals surface area contributed by atoms with E-state index in [2.05, 4.69) is 184 Å². The summed E-state index contributed by atoms with van der Waals surface area (Å²) in [6.45, 7) is 4.83. The predicted molar refractivity (Wildman–Crippen MR) is 204 cm³/mol. The third-order valence-electron chi connectivity index (χ3n) is 9.98. The highest BCUT2D eigenvalue weighted by atomic mass is 14.2. The van der Waals surface area contributed by atoms with Crippen LogP contribution in [0.15, 0.2) is 164 Å². The van der Waals surface area contributed by atoms with Crippen LogP contribution in [-0.2, 0) is 0 Å². The minimum atomic E-state index is 0.122. The van der Waals surface area contributed by atoms with Gasteiger partial charge in [0.15, 0.2) is 0 Å². The lowest BCUT2D eigenvalue weighted by Crippen LogP contribution is -2.51. The standard InChI is InChI=1S/C46H37B/c1-32-24-26-36-18-9-11-22-43(36)45(32)47(46-33(2)25-27-37-19-10-12-23-44(37)46)42-21-13-20-38(31-42)41-29-39(34-14-5-3-6-15-34)28-40(30-41)35-16-7-4-8-17-35/h3-24,26-31,33H,25H2,1-2H3. The van der Waals surface area contributed by atoms with Crippen LogP contribution in [0, 0.1) is 12.8 Å². The fourth-order valence-electron chi connectivity index (χ4n) is 7.65. The van der Waals surface area contributed by atoms with Crippen LogP contribution in [0.3, 0.4) is 0 Å². The van der Waals surface area contributed by atoms with Gasteiger partial charge in [0.1, 0.15) is 0 Å². The third-order valence-corrected chi connectivity index (χ3v) is 9.98. The van der Waals surface area contributed by atoms with Gasteiger partial charge >= 0.3 is 0 Å². The van der Waals surface area contributed by atoms with E-state index in [1.807, 2.05) is 0 Å². The van der Waals surface area contributed by atoms with Crippen molar-refractivity contribution < 1.29 is 0 Å². The molecule has 224 valence electrons. The van der Waals surface area contributed by atoms with Crippen LogP contribution in [0.2, 0.25) is 0 Å². The zero-order chi connectivity index (χ0) is 31.7. The Morgan fingerprint density at radius 3 is 1.83 bits per heavy atom. The van der Waals surface area contributed by atoms with Crippen molar-refractivity contribution in [3.63, 3.8) is 0 Å². The van der Waals surface area contributed by atoms with Gasteiger partial charge in [-0.3, -0.25) is 0 Å². The molecule has 1 aliphatic carbocycles. The van der Waals surface area contributed by atoms with Gasteiger partial charge in [-0.15, -0.1) is 0 Å². The summed E-state index contributed by atoms with van der Waals surface area (Å²) in [5.74, 6) is 0.419. The number of benzene rings is 7. The molecule has 7 aromatic rings. The minimum absolute atomic E-state index is 0.122. The molecular formula is C46H37B. The van der Waals surface area contributed by atoms with Gasteiger partial charge < -0.3 is 0 Å². The van der Waals surface area contributed by atoms with Crippen molar-refractivity contribution in [3.8, 4) is 33.4 Å². The van der Waals surface area contributed by atoms with Gasteiger partial charge in [-0.05, 0) is 92.1 Å². The third kappa shape index (κ3) is 5.53. The molecule has 1 unspecified atom stereocenters. The first kappa shape index (κ1) is 29.0. The van der Waals surface area contributed by atoms with E-state index in [4.69, 9.17) is 0 Å². The highest BCUT2D eigenvalue weighted by Gasteiger charge is 2.32. The predicted octanol–water partition coefficient (Wildman–Crippen LogP) is 8.97. The van der Waals surface area contributed by atoms with E-state index >= 15 is 0 Å². The van der Waals surface area contributed by atoms with Gasteiger partial charge in [-0.1, -0.05) is 181 Å². The van der Waals surface area contributed by atoms with E-state index in [1.54, 1.807) is 0 Å². The Balaban J connectivity index is 1.38. The van der Waals surface area contributed by atoms with Gasteiger partial charge in [0.25, 0.3) is 0 Å². The molecule has 0 heterocycles. The SMILES string of the molecule is Cc1ccc2ccccc2c1B(C1=c2ccccc2=CCC1C)c1cccc(-c2cc(-c3ccccc3)cc(-c3ccccc3)c2)c1. The normalized spacial score (nSPS) is 14.0. The highest BCUT2D eigenvalue weighted by Crippen LogP contribution is 2.33. The number of hydrogen-bond donors (Lipinski definition) is 0. The lowest BCUT2D eigenvalue weighted by molar-refractivity contribution is 0.788. The summed E-state index contributed by atoms with van der Waals surface area (Å²) in [6.07, 6.45) is 3.47. The molecule has 0 amide bonds. The molecule has 0 N–H and O–H groups in total. The smallest absolute Gasteiger partial charge is 0.0798 e. The van der Waals surface area contributed by atoms with Crippen LogP contribution in [0.1, 0.15) is 18.9 Å². The van der Waals surface area contributed by atoms with Crippen LogP contribution in [0.5, 0.6) is 0 Å². The maximum absolute atomic E-state index is 2.46. The summed E-state index contributed by atoms with van der Waals surface area (Å²) in [6, 6.07) is 60.4. The van der Waals surface area contributed by atoms with Crippen LogP contribution < -0.4 is 21.4 Å². The molecule has 7 aromatic carbocycles. The molecule has 1 heteroatoms. The fourth-order valence-corrected chi connectivity index (χ4v) is 7.65. The van der Waals surface area contributed by atoms with Crippen LogP contribution >= 0.6 is 0 Å². The maximum atomic E-state index is 2.46. The van der Waals surface area contributed by atoms with Gasteiger partial charge in [0.05, 0.1) is 0 Å². The van der Waals surface area contributed by atoms with Gasteiger partial charge in [0, 0.05) is 0 Å². The van der Waals surface area contributed by atoms with Crippen LogP contribution in [0.4, 0.5) is 0 Å². The van der Waals surface area contributed by atoms with Gasteiger partial charge in [0.2, 0.25) is 6.71 Å². The number of hydrogen-bond acceptors (Lipinski definition) is 0. The van der Waals surface area contributed by atoms with Crippen LogP contribution in [-0.4, -0.2) is 6.71 Å². The summed E-state index contributed by atoms with van der Waals surface area (Å²) in [5.41, 5.74) is 13.0. The largest absolute Gasteiger partial charge is 0.239 e. The van der Waals surface area contributed by atoms with Crippen molar-refractivity contribution in [2.45, 2.75) is 20.3 Å². The second-order valence-electron chi connectivity index (χ2n) is 13.0. The molecule has 0 nitrogen and oxygen atoms in total. The second kappa shape index (κ2) is 12.4. The molecular weight excluding hydrogens is 563 g/mol. The number of aryl methyl sites for hydroxylation is 1. The number of fused-ring (bicyclic) bond motifs is 2. The lowest BCUT2D eigenvalue weighted by Gasteiger charge is -2.28. The molecule has 0 aliphatic heterocycles. The molecule has 0 bridgehead atoms. The summed E-state index contributed by atoms with van der Waals surface area (Å²) in [5, 5.41) is 5.36. The first-order valence-corrected chi connectivity index (χ1v) is 16.8. The summed E-state index contributed by atoms with van der Waals surface area (Å²) < 4.78 is 0. The van der Waals surface area contributed by atoms with Crippen molar-refractivity contribution in [2.75, 3.05) is 0 Å². The molecule has 0 fully saturated rings. The van der Waals surface area contributed by atoms with Crippen molar-refractivity contribution in [3.05, 3.63) is 180 Å². The Labute approximate surface area is 278 Å². The monoisotopic (exact) mass is 600 g/mol. The van der Waals surface area contributed by atoms with Crippen molar-refractivity contribution in [1.82, 2.24) is 0 Å². The van der Waals surface area contributed by atoms with Gasteiger partial charge in [-0.2, -0.15) is 0 Å². The van der Waals surface area contributed by atoms with E-state index in [1.165, 1.54) is 76.6 Å². The van der Waals surface area contributed by atoms with E-state index in [-0.39, 0.29) is 6.71 Å². The maximum Gasteiger partial charge on any atom is 0.239 e. The molecule has 8 rings (SSSR count). The Bertz CT molecular complexity index is 2290. The Kier molecular flexibility index (Phi) is 7.67. The minimum Gasteiger partial charge on any atom is -0.0798 e. The highest BCUT2D eigenvalue weighted by molar-refractivity contribution is 7.00. The van der Waals surface area contributed by atoms with Crippen molar-refractivity contribution >= 4 is 40.0 Å². The Morgan fingerprint density at radius 1 is 0.511 bits per heavy atom. The molecule has 0 saturated carbocycles. The van der Waals surface area contributed by atoms with Crippen molar-refractivity contribution in [1.29, 1.82) is 0 Å². The molecule has 1 atom stereocenters. The molecule has 0 saturated heterocycles. The van der Waals surface area contributed by atoms with Gasteiger partial charge in [-0.25, -0.2) is 0 Å². The second-order valence-corrected chi connectivity index (χ2v) is 13.0. The summed E-state index contributed by atoms with van der Waals surface area (Å²) in [4.78, 5) is 0. The zero-order valence-electron chi connectivity index (χ0n) is 27.0. The zero-order valence-corrected chi connectivity index (χ0v) is 27.0. The lowest BCUT2D eigenvalue weighted by atomic mass is 9.32. The Morgan fingerprint density at radius 2 is 1.11 bits per heavy atom. The summed E-state index contributed by atoms with van der Waals surface area (Å²) in [7, 11) is 0. The fraction of sp³-hybridized carbons (Fsp3) is 0.0870. The first-order chi connectivity index (χ1) is 23.1. The molecule has 47 heavy (non-hydrogen) atoms. The van der Waals surface area contributed by atoms with Crippen molar-refractivity contribution in [2.24, 2.45) is 5.92 Å².